The lowest BCUT2D eigenvalue weighted by Crippen LogP contribution is -2.27. The van der Waals surface area contributed by atoms with E-state index in [0.29, 0.717) is 11.4 Å². The summed E-state index contributed by atoms with van der Waals surface area (Å²) in [7, 11) is 0. The van der Waals surface area contributed by atoms with Gasteiger partial charge in [0.1, 0.15) is 11.4 Å². The van der Waals surface area contributed by atoms with Crippen LogP contribution in [0.5, 0.6) is 0 Å². The summed E-state index contributed by atoms with van der Waals surface area (Å²) in [6, 6.07) is 8.20. The molecule has 0 bridgehead atoms. The number of benzene rings is 2. The van der Waals surface area contributed by atoms with Crippen molar-refractivity contribution in [1.29, 1.82) is 0 Å². The van der Waals surface area contributed by atoms with Crippen LogP contribution >= 0.6 is 0 Å². The molecule has 8 heteroatoms. The molecular weight excluding hydrogens is 365 g/mol. The van der Waals surface area contributed by atoms with Crippen molar-refractivity contribution < 1.29 is 18.7 Å². The smallest absolute Gasteiger partial charge is 0.412 e. The molecule has 0 radical (unpaired) electrons. The van der Waals surface area contributed by atoms with E-state index in [2.05, 4.69) is 10.3 Å². The van der Waals surface area contributed by atoms with Crippen molar-refractivity contribution in [1.82, 2.24) is 9.55 Å². The van der Waals surface area contributed by atoms with Crippen LogP contribution in [0.25, 0.3) is 16.6 Å². The molecule has 142 valence electrons. The number of ketones is 1. The zero-order valence-electron chi connectivity index (χ0n) is 15.4. The fourth-order valence-corrected chi connectivity index (χ4v) is 3.07. The molecule has 0 aliphatic carbocycles. The van der Waals surface area contributed by atoms with Crippen molar-refractivity contribution in [3.8, 4) is 5.69 Å². The van der Waals surface area contributed by atoms with Crippen LogP contribution in [0.1, 0.15) is 37.0 Å². The molecule has 0 fully saturated rings. The Balaban J connectivity index is 1.79. The van der Waals surface area contributed by atoms with Crippen LogP contribution in [0.4, 0.5) is 14.9 Å². The molecule has 0 unspecified atom stereocenters. The maximum atomic E-state index is 13.5. The second-order valence-corrected chi connectivity index (χ2v) is 7.43. The third-order valence-corrected chi connectivity index (χ3v) is 4.16. The highest BCUT2D eigenvalue weighted by Crippen LogP contribution is 2.27. The minimum absolute atomic E-state index is 0.0898. The Labute approximate surface area is 158 Å². The van der Waals surface area contributed by atoms with E-state index < -0.39 is 28.9 Å². The van der Waals surface area contributed by atoms with Gasteiger partial charge >= 0.3 is 6.09 Å². The van der Waals surface area contributed by atoms with Gasteiger partial charge in [-0.25, -0.2) is 14.2 Å². The Morgan fingerprint density at radius 1 is 1.14 bits per heavy atom. The van der Waals surface area contributed by atoms with E-state index in [1.807, 2.05) is 0 Å². The summed E-state index contributed by atoms with van der Waals surface area (Å²) < 4.78 is 19.9. The van der Waals surface area contributed by atoms with Crippen LogP contribution in [-0.2, 0) is 4.74 Å². The lowest BCUT2D eigenvalue weighted by atomic mass is 10.1. The molecular formula is C20H16FN3O4. The Bertz CT molecular complexity index is 1220. The second-order valence-electron chi connectivity index (χ2n) is 7.43. The zero-order chi connectivity index (χ0) is 20.2. The first-order valence-corrected chi connectivity index (χ1v) is 8.55. The predicted molar refractivity (Wildman–Crippen MR) is 101 cm³/mol. The van der Waals surface area contributed by atoms with Crippen LogP contribution < -0.4 is 10.9 Å². The van der Waals surface area contributed by atoms with Gasteiger partial charge in [-0.15, -0.1) is 0 Å². The van der Waals surface area contributed by atoms with Crippen molar-refractivity contribution >= 4 is 28.5 Å². The number of nitrogens with one attached hydrogen (secondary N) is 1. The van der Waals surface area contributed by atoms with Gasteiger partial charge in [0.25, 0.3) is 5.56 Å². The Morgan fingerprint density at radius 2 is 1.89 bits per heavy atom. The molecule has 1 aromatic heterocycles. The number of nitrogens with zero attached hydrogens (tertiary/aromatic N) is 2. The molecule has 2 heterocycles. The number of rotatable bonds is 1. The number of aromatic nitrogens is 2. The highest BCUT2D eigenvalue weighted by atomic mass is 19.1. The van der Waals surface area contributed by atoms with Crippen molar-refractivity contribution in [2.75, 3.05) is 5.32 Å². The van der Waals surface area contributed by atoms with Crippen LogP contribution in [0.2, 0.25) is 0 Å². The summed E-state index contributed by atoms with van der Waals surface area (Å²) in [5.41, 5.74) is -0.0999. The predicted octanol–water partition coefficient (Wildman–Crippen LogP) is 3.42. The summed E-state index contributed by atoms with van der Waals surface area (Å²) >= 11 is 0. The quantitative estimate of drug-likeness (QED) is 0.546. The van der Waals surface area contributed by atoms with E-state index in [-0.39, 0.29) is 22.3 Å². The molecule has 0 saturated heterocycles. The Morgan fingerprint density at radius 3 is 2.61 bits per heavy atom. The monoisotopic (exact) mass is 381 g/mol. The maximum Gasteiger partial charge on any atom is 0.412 e. The molecule has 4 rings (SSSR count). The van der Waals surface area contributed by atoms with E-state index in [9.17, 15) is 18.8 Å². The molecule has 2 aromatic carbocycles. The standard InChI is InChI=1S/C20H16FN3O4/c1-20(2,3)28-19(27)22-11-5-6-12-14(9-11)23-17-16(25)13-8-10(21)4-7-15(13)24(17)18(12)26/h4-9H,1-3H3,(H,22,27). The van der Waals surface area contributed by atoms with Crippen LogP contribution in [0.15, 0.2) is 41.2 Å². The van der Waals surface area contributed by atoms with Gasteiger partial charge in [-0.05, 0) is 57.2 Å². The molecule has 0 atom stereocenters. The van der Waals surface area contributed by atoms with Crippen molar-refractivity contribution in [3.63, 3.8) is 0 Å². The second kappa shape index (κ2) is 5.98. The van der Waals surface area contributed by atoms with Crippen LogP contribution in [0.3, 0.4) is 0 Å². The maximum absolute atomic E-state index is 13.5. The number of halogens is 1. The Kier molecular flexibility index (Phi) is 3.81. The van der Waals surface area contributed by atoms with Gasteiger partial charge in [0.05, 0.1) is 22.2 Å². The van der Waals surface area contributed by atoms with Gasteiger partial charge in [-0.2, -0.15) is 0 Å². The first kappa shape index (κ1) is 17.8. The minimum atomic E-state index is -0.660. The molecule has 1 amide bonds. The van der Waals surface area contributed by atoms with Gasteiger partial charge < -0.3 is 4.74 Å². The van der Waals surface area contributed by atoms with Gasteiger partial charge in [0.15, 0.2) is 5.82 Å². The SMILES string of the molecule is CC(C)(C)OC(=O)Nc1ccc2c(=O)n3c(nc2c1)C(=O)c1cc(F)ccc1-3. The van der Waals surface area contributed by atoms with Gasteiger partial charge in [-0.3, -0.25) is 19.5 Å². The fraction of sp³-hybridized carbons (Fsp3) is 0.200. The molecule has 3 aromatic rings. The van der Waals surface area contributed by atoms with Crippen LogP contribution in [-0.4, -0.2) is 27.0 Å². The third kappa shape index (κ3) is 2.92. The normalized spacial score (nSPS) is 12.6. The number of hydrogen-bond acceptors (Lipinski definition) is 5. The largest absolute Gasteiger partial charge is 0.444 e. The molecule has 0 saturated carbocycles. The van der Waals surface area contributed by atoms with E-state index in [4.69, 9.17) is 4.74 Å². The lowest BCUT2D eigenvalue weighted by Gasteiger charge is -2.19. The highest BCUT2D eigenvalue weighted by molar-refractivity contribution is 6.13. The molecule has 0 spiro atoms. The van der Waals surface area contributed by atoms with Crippen molar-refractivity contribution in [2.45, 2.75) is 26.4 Å². The Hall–Kier alpha value is -3.55. The number of carbonyl (C=O) groups excluding carboxylic acids is 2. The first-order valence-electron chi connectivity index (χ1n) is 8.55. The summed E-state index contributed by atoms with van der Waals surface area (Å²) in [5, 5.41) is 2.84. The number of ether oxygens (including phenoxy) is 1. The number of hydrogen-bond donors (Lipinski definition) is 1. The topological polar surface area (TPSA) is 90.3 Å². The summed E-state index contributed by atoms with van der Waals surface area (Å²) in [6.45, 7) is 5.22. The number of fused-ring (bicyclic) bond motifs is 4. The van der Waals surface area contributed by atoms with Gasteiger partial charge in [0.2, 0.25) is 5.78 Å². The molecule has 7 nitrogen and oxygen atoms in total. The highest BCUT2D eigenvalue weighted by Gasteiger charge is 2.30. The number of anilines is 1. The fourth-order valence-electron chi connectivity index (χ4n) is 3.07. The van der Waals surface area contributed by atoms with Crippen LogP contribution in [0, 0.1) is 5.82 Å². The lowest BCUT2D eigenvalue weighted by molar-refractivity contribution is 0.0635. The minimum Gasteiger partial charge on any atom is -0.444 e. The number of amides is 1. The average Bonchev–Trinajstić information content (AvgIpc) is 2.85. The van der Waals surface area contributed by atoms with Gasteiger partial charge in [0, 0.05) is 5.69 Å². The molecule has 1 N–H and O–H groups in total. The molecule has 1 aliphatic rings. The van der Waals surface area contributed by atoms with E-state index in [0.717, 1.165) is 6.07 Å². The number of carbonyl (C=O) groups is 2. The van der Waals surface area contributed by atoms with Crippen molar-refractivity contribution in [2.24, 2.45) is 0 Å². The molecule has 28 heavy (non-hydrogen) atoms. The summed E-state index contributed by atoms with van der Waals surface area (Å²) in [5.74, 6) is -1.19. The first-order chi connectivity index (χ1) is 13.1. The van der Waals surface area contributed by atoms with E-state index >= 15 is 0 Å². The average molecular weight is 381 g/mol. The molecule has 1 aliphatic heterocycles. The summed E-state index contributed by atoms with van der Waals surface area (Å²) in [4.78, 5) is 41.7. The summed E-state index contributed by atoms with van der Waals surface area (Å²) in [6.07, 6.45) is -0.649. The van der Waals surface area contributed by atoms with E-state index in [1.54, 1.807) is 26.8 Å². The van der Waals surface area contributed by atoms with E-state index in [1.165, 1.54) is 28.8 Å². The van der Waals surface area contributed by atoms with Crippen molar-refractivity contribution in [3.05, 3.63) is 64.0 Å². The zero-order valence-corrected chi connectivity index (χ0v) is 15.4. The third-order valence-electron chi connectivity index (χ3n) is 4.16. The van der Waals surface area contributed by atoms with Gasteiger partial charge in [-0.1, -0.05) is 0 Å².